The number of nitrogens with zero attached hydrogens (tertiary/aromatic N) is 1. The van der Waals surface area contributed by atoms with Gasteiger partial charge in [0.1, 0.15) is 17.6 Å². The van der Waals surface area contributed by atoms with Crippen LogP contribution in [0, 0.1) is 0 Å². The van der Waals surface area contributed by atoms with E-state index < -0.39 is 5.97 Å². The third kappa shape index (κ3) is 19.4. The summed E-state index contributed by atoms with van der Waals surface area (Å²) in [5.41, 5.74) is 8.19. The molecule has 1 aromatic heterocycles. The number of carboxylic acids is 1. The monoisotopic (exact) mass is 663 g/mol. The molecule has 0 aliphatic heterocycles. The van der Waals surface area contributed by atoms with Crippen LogP contribution >= 0.6 is 0 Å². The Morgan fingerprint density at radius 3 is 2.04 bits per heavy atom. The SMILES string of the molecule is C=C(C)C.C=C(C=O)/C=C\CCC(=C\C)/C(/C=C\C(=C)c1c(Cc2ccccc2)oc2ccccc12)=C/CC.C=CC.CN(C)CC(=O)O. The number of para-hydroxylation sites is 1. The topological polar surface area (TPSA) is 70.8 Å². The lowest BCUT2D eigenvalue weighted by Gasteiger charge is -2.09. The molecule has 0 amide bonds. The van der Waals surface area contributed by atoms with Crippen molar-refractivity contribution in [3.63, 3.8) is 0 Å². The second-order valence-electron chi connectivity index (χ2n) is 11.7. The summed E-state index contributed by atoms with van der Waals surface area (Å²) < 4.78 is 6.28. The molecule has 0 spiro atoms. The van der Waals surface area contributed by atoms with Gasteiger partial charge in [-0.05, 0) is 89.4 Å². The molecule has 0 bridgehead atoms. The van der Waals surface area contributed by atoms with Gasteiger partial charge in [-0.15, -0.1) is 13.2 Å². The van der Waals surface area contributed by atoms with Crippen LogP contribution in [0.15, 0.2) is 150 Å². The molecule has 0 aliphatic carbocycles. The van der Waals surface area contributed by atoms with Gasteiger partial charge in [0, 0.05) is 22.9 Å². The van der Waals surface area contributed by atoms with Crippen molar-refractivity contribution in [1.82, 2.24) is 4.90 Å². The summed E-state index contributed by atoms with van der Waals surface area (Å²) in [4.78, 5) is 22.1. The number of hydrogen-bond acceptors (Lipinski definition) is 4. The smallest absolute Gasteiger partial charge is 0.317 e. The lowest BCUT2D eigenvalue weighted by atomic mass is 9.96. The van der Waals surface area contributed by atoms with Crippen molar-refractivity contribution < 1.29 is 19.1 Å². The first kappa shape index (κ1) is 44.0. The average molecular weight is 664 g/mol. The van der Waals surface area contributed by atoms with E-state index in [1.165, 1.54) is 22.3 Å². The standard InChI is InChI=1S/C33H34O2.C4H9NO2.C4H8.C3H6/c1-5-14-29(28(6-2)18-11-10-15-25(3)24-34)22-21-26(4)33-30-19-12-13-20-31(30)35-32(33)23-27-16-8-7-9-17-27;1-5(2)3-4(6)7;1-4(2)3;1-3-2/h6-10,12-17,19-22,24H,3-5,11,18,23H2,1-2H3;3H2,1-2H3,(H,6,7);1H2,2-3H3;3H,1H2,2H3/b15-10-,22-21-,28-6+,29-14+;;;. The largest absolute Gasteiger partial charge is 0.480 e. The van der Waals surface area contributed by atoms with Gasteiger partial charge in [-0.1, -0.05) is 117 Å². The summed E-state index contributed by atoms with van der Waals surface area (Å²) in [5.74, 6) is 0.143. The normalized spacial score (nSPS) is 11.2. The molecule has 0 aliphatic rings. The van der Waals surface area contributed by atoms with E-state index in [0.29, 0.717) is 12.0 Å². The molecule has 0 saturated heterocycles. The lowest BCUT2D eigenvalue weighted by Crippen LogP contribution is -2.20. The third-order valence-corrected chi connectivity index (χ3v) is 6.32. The summed E-state index contributed by atoms with van der Waals surface area (Å²) in [7, 11) is 3.43. The number of hydrogen-bond donors (Lipinski definition) is 1. The zero-order valence-electron chi connectivity index (χ0n) is 30.8. The molecule has 0 atom stereocenters. The van der Waals surface area contributed by atoms with Crippen molar-refractivity contribution in [2.75, 3.05) is 20.6 Å². The van der Waals surface area contributed by atoms with Gasteiger partial charge in [-0.3, -0.25) is 14.5 Å². The van der Waals surface area contributed by atoms with Crippen LogP contribution in [-0.2, 0) is 16.0 Å². The highest BCUT2D eigenvalue weighted by atomic mass is 16.4. The number of carbonyl (C=O) groups excluding carboxylic acids is 1. The molecule has 3 aromatic rings. The minimum atomic E-state index is -0.787. The minimum absolute atomic E-state index is 0.111. The van der Waals surface area contributed by atoms with Crippen molar-refractivity contribution in [3.8, 4) is 0 Å². The van der Waals surface area contributed by atoms with E-state index in [4.69, 9.17) is 9.52 Å². The summed E-state index contributed by atoms with van der Waals surface area (Å²) in [6.45, 7) is 25.2. The Morgan fingerprint density at radius 1 is 0.939 bits per heavy atom. The van der Waals surface area contributed by atoms with Gasteiger partial charge in [0.2, 0.25) is 0 Å². The Labute approximate surface area is 295 Å². The Hall–Kier alpha value is -5.00. The zero-order valence-corrected chi connectivity index (χ0v) is 30.8. The number of allylic oxidation sites excluding steroid dienone is 12. The molecule has 262 valence electrons. The first-order chi connectivity index (χ1) is 23.3. The molecule has 5 nitrogen and oxygen atoms in total. The van der Waals surface area contributed by atoms with E-state index in [1.54, 1.807) is 31.1 Å². The Bertz CT molecular complexity index is 1610. The molecule has 1 heterocycles. The van der Waals surface area contributed by atoms with Gasteiger partial charge >= 0.3 is 5.97 Å². The highest BCUT2D eigenvalue weighted by Crippen LogP contribution is 2.33. The number of aliphatic carboxylic acids is 1. The summed E-state index contributed by atoms with van der Waals surface area (Å²) >= 11 is 0. The number of furan rings is 1. The Kier molecular flexibility index (Phi) is 23.4. The van der Waals surface area contributed by atoms with Gasteiger partial charge in [-0.25, -0.2) is 0 Å². The maximum Gasteiger partial charge on any atom is 0.317 e. The number of carbonyl (C=O) groups is 2. The Balaban J connectivity index is 0.00000139. The lowest BCUT2D eigenvalue weighted by molar-refractivity contribution is -0.137. The van der Waals surface area contributed by atoms with Crippen molar-refractivity contribution in [2.24, 2.45) is 0 Å². The molecule has 0 fully saturated rings. The highest BCUT2D eigenvalue weighted by Gasteiger charge is 2.16. The van der Waals surface area contributed by atoms with Crippen LogP contribution < -0.4 is 0 Å². The van der Waals surface area contributed by atoms with Gasteiger partial charge in [0.05, 0.1) is 6.54 Å². The molecule has 5 heteroatoms. The van der Waals surface area contributed by atoms with Crippen molar-refractivity contribution in [3.05, 3.63) is 163 Å². The van der Waals surface area contributed by atoms with Crippen molar-refractivity contribution in [1.29, 1.82) is 0 Å². The van der Waals surface area contributed by atoms with Gasteiger partial charge in [0.15, 0.2) is 0 Å². The number of likely N-dealkylation sites (N-methyl/N-ethyl adjacent to an activating group) is 1. The van der Waals surface area contributed by atoms with Gasteiger partial charge < -0.3 is 9.52 Å². The van der Waals surface area contributed by atoms with Crippen LogP contribution in [0.5, 0.6) is 0 Å². The van der Waals surface area contributed by atoms with E-state index >= 15 is 0 Å². The van der Waals surface area contributed by atoms with E-state index in [9.17, 15) is 9.59 Å². The van der Waals surface area contributed by atoms with E-state index in [-0.39, 0.29) is 6.54 Å². The van der Waals surface area contributed by atoms with Crippen LogP contribution in [0.4, 0.5) is 0 Å². The zero-order chi connectivity index (χ0) is 37.2. The molecular formula is C44H57NO4. The summed E-state index contributed by atoms with van der Waals surface area (Å²) in [6.07, 6.45) is 18.3. The third-order valence-electron chi connectivity index (χ3n) is 6.32. The fraction of sp³-hybridized carbons (Fsp3) is 0.273. The maximum absolute atomic E-state index is 10.7. The number of fused-ring (bicyclic) bond motifs is 1. The first-order valence-corrected chi connectivity index (χ1v) is 16.5. The first-order valence-electron chi connectivity index (χ1n) is 16.5. The number of rotatable bonds is 14. The molecular weight excluding hydrogens is 606 g/mol. The molecule has 0 unspecified atom stereocenters. The molecule has 1 N–H and O–H groups in total. The molecule has 0 saturated carbocycles. The summed E-state index contributed by atoms with van der Waals surface area (Å²) in [5, 5.41) is 9.13. The number of benzene rings is 2. The molecule has 2 aromatic carbocycles. The molecule has 3 rings (SSSR count). The van der Waals surface area contributed by atoms with Crippen LogP contribution in [0.2, 0.25) is 0 Å². The second-order valence-corrected chi connectivity index (χ2v) is 11.7. The molecule has 0 radical (unpaired) electrons. The van der Waals surface area contributed by atoms with Crippen molar-refractivity contribution in [2.45, 2.75) is 60.3 Å². The van der Waals surface area contributed by atoms with E-state index in [0.717, 1.165) is 53.4 Å². The van der Waals surface area contributed by atoms with E-state index in [1.807, 2.05) is 51.1 Å². The van der Waals surface area contributed by atoms with Crippen LogP contribution in [0.25, 0.3) is 16.5 Å². The van der Waals surface area contributed by atoms with Gasteiger partial charge in [-0.2, -0.15) is 0 Å². The van der Waals surface area contributed by atoms with Crippen molar-refractivity contribution >= 4 is 28.8 Å². The van der Waals surface area contributed by atoms with Crippen LogP contribution in [-0.4, -0.2) is 42.9 Å². The van der Waals surface area contributed by atoms with Gasteiger partial charge in [0.25, 0.3) is 0 Å². The number of carboxylic acid groups (broad SMARTS) is 1. The van der Waals surface area contributed by atoms with Crippen LogP contribution in [0.3, 0.4) is 0 Å². The number of aldehydes is 1. The minimum Gasteiger partial charge on any atom is -0.480 e. The predicted octanol–water partition coefficient (Wildman–Crippen LogP) is 11.4. The maximum atomic E-state index is 10.7. The van der Waals surface area contributed by atoms with Crippen LogP contribution in [0.1, 0.15) is 70.8 Å². The highest BCUT2D eigenvalue weighted by molar-refractivity contribution is 5.95. The summed E-state index contributed by atoms with van der Waals surface area (Å²) in [6, 6.07) is 18.5. The Morgan fingerprint density at radius 2 is 1.53 bits per heavy atom. The predicted molar refractivity (Wildman–Crippen MR) is 212 cm³/mol. The molecule has 49 heavy (non-hydrogen) atoms. The second kappa shape index (κ2) is 26.0. The quantitative estimate of drug-likeness (QED) is 0.0804. The van der Waals surface area contributed by atoms with E-state index in [2.05, 4.69) is 94.8 Å². The fourth-order valence-corrected chi connectivity index (χ4v) is 4.39. The average Bonchev–Trinajstić information content (AvgIpc) is 3.41. The fourth-order valence-electron chi connectivity index (χ4n) is 4.39.